The molecule has 3 heterocycles. The van der Waals surface area contributed by atoms with Gasteiger partial charge in [0.2, 0.25) is 27.7 Å². The number of amides is 1. The van der Waals surface area contributed by atoms with E-state index in [0.29, 0.717) is 37.7 Å². The van der Waals surface area contributed by atoms with Crippen LogP contribution in [0.25, 0.3) is 0 Å². The van der Waals surface area contributed by atoms with Gasteiger partial charge >= 0.3 is 0 Å². The highest BCUT2D eigenvalue weighted by Crippen LogP contribution is 2.36. The summed E-state index contributed by atoms with van der Waals surface area (Å²) < 4.78 is 31.7. The van der Waals surface area contributed by atoms with E-state index in [1.165, 1.54) is 0 Å². The number of nitrogens with zero attached hydrogens (tertiary/aromatic N) is 4. The van der Waals surface area contributed by atoms with Gasteiger partial charge in [0, 0.05) is 31.5 Å². The molecule has 4 rings (SSSR count). The minimum atomic E-state index is -3.14. The summed E-state index contributed by atoms with van der Waals surface area (Å²) in [5.74, 6) is 1.77. The second-order valence-electron chi connectivity index (χ2n) is 8.58. The standard InChI is InChI=1S/C20H32N4O4S/c1-2-29(26,27)23-13-10-15(11-14-23)18-21-22-19(28-18)17-9-5-6-12-24(17)20(25)16-7-3-4-8-16/h15-17H,2-14H2,1H3/t17-/m1/s1. The highest BCUT2D eigenvalue weighted by Gasteiger charge is 2.37. The fraction of sp³-hybridized carbons (Fsp3) is 0.850. The van der Waals surface area contributed by atoms with E-state index in [2.05, 4.69) is 10.2 Å². The lowest BCUT2D eigenvalue weighted by Gasteiger charge is -2.35. The molecule has 0 radical (unpaired) electrons. The van der Waals surface area contributed by atoms with E-state index in [0.717, 1.165) is 51.5 Å². The highest BCUT2D eigenvalue weighted by atomic mass is 32.2. The van der Waals surface area contributed by atoms with Crippen molar-refractivity contribution < 1.29 is 17.6 Å². The van der Waals surface area contributed by atoms with Gasteiger partial charge in [0.05, 0.1) is 5.75 Å². The molecule has 0 bridgehead atoms. The molecule has 162 valence electrons. The Labute approximate surface area is 173 Å². The summed E-state index contributed by atoms with van der Waals surface area (Å²) in [7, 11) is -3.14. The summed E-state index contributed by atoms with van der Waals surface area (Å²) in [6.07, 6.45) is 8.62. The zero-order valence-corrected chi connectivity index (χ0v) is 18.1. The number of carbonyl (C=O) groups is 1. The molecule has 1 aliphatic carbocycles. The Balaban J connectivity index is 1.43. The molecule has 29 heavy (non-hydrogen) atoms. The number of rotatable bonds is 5. The van der Waals surface area contributed by atoms with Gasteiger partial charge in [0.15, 0.2) is 0 Å². The molecule has 0 unspecified atom stereocenters. The Morgan fingerprint density at radius 2 is 1.62 bits per heavy atom. The van der Waals surface area contributed by atoms with Gasteiger partial charge in [-0.1, -0.05) is 12.8 Å². The molecule has 1 aromatic rings. The Hall–Kier alpha value is -1.48. The molecule has 3 fully saturated rings. The Kier molecular flexibility index (Phi) is 6.24. The molecule has 1 aromatic heterocycles. The minimum absolute atomic E-state index is 0.0853. The average Bonchev–Trinajstić information content (AvgIpc) is 3.46. The van der Waals surface area contributed by atoms with E-state index in [-0.39, 0.29) is 29.5 Å². The van der Waals surface area contributed by atoms with Crippen LogP contribution in [0.5, 0.6) is 0 Å². The lowest BCUT2D eigenvalue weighted by atomic mass is 9.98. The van der Waals surface area contributed by atoms with Gasteiger partial charge in [-0.2, -0.15) is 0 Å². The van der Waals surface area contributed by atoms with Gasteiger partial charge in [-0.05, 0) is 51.9 Å². The Morgan fingerprint density at radius 1 is 0.966 bits per heavy atom. The number of hydrogen-bond acceptors (Lipinski definition) is 6. The van der Waals surface area contributed by atoms with Crippen LogP contribution >= 0.6 is 0 Å². The van der Waals surface area contributed by atoms with Crippen molar-refractivity contribution in [2.45, 2.75) is 76.7 Å². The van der Waals surface area contributed by atoms with Gasteiger partial charge < -0.3 is 9.32 Å². The van der Waals surface area contributed by atoms with Gasteiger partial charge in [-0.3, -0.25) is 4.79 Å². The van der Waals surface area contributed by atoms with E-state index >= 15 is 0 Å². The van der Waals surface area contributed by atoms with Crippen LogP contribution in [0.3, 0.4) is 0 Å². The Bertz CT molecular complexity index is 810. The summed E-state index contributed by atoms with van der Waals surface area (Å²) in [5.41, 5.74) is 0. The molecule has 0 N–H and O–H groups in total. The van der Waals surface area contributed by atoms with Crippen molar-refractivity contribution in [3.05, 3.63) is 11.8 Å². The number of piperidine rings is 2. The quantitative estimate of drug-likeness (QED) is 0.721. The molecule has 1 atom stereocenters. The minimum Gasteiger partial charge on any atom is -0.423 e. The van der Waals surface area contributed by atoms with Crippen molar-refractivity contribution in [1.29, 1.82) is 0 Å². The lowest BCUT2D eigenvalue weighted by molar-refractivity contribution is -0.140. The largest absolute Gasteiger partial charge is 0.423 e. The molecular weight excluding hydrogens is 392 g/mol. The summed E-state index contributed by atoms with van der Waals surface area (Å²) in [4.78, 5) is 15.0. The maximum Gasteiger partial charge on any atom is 0.238 e. The molecule has 9 heteroatoms. The first-order valence-corrected chi connectivity index (χ1v) is 12.7. The van der Waals surface area contributed by atoms with Crippen LogP contribution in [-0.2, 0) is 14.8 Å². The van der Waals surface area contributed by atoms with Crippen LogP contribution in [0.2, 0.25) is 0 Å². The molecule has 1 amide bonds. The van der Waals surface area contributed by atoms with Crippen LogP contribution in [-0.4, -0.2) is 59.1 Å². The van der Waals surface area contributed by atoms with E-state index in [1.54, 1.807) is 11.2 Å². The van der Waals surface area contributed by atoms with Crippen LogP contribution in [0, 0.1) is 5.92 Å². The predicted molar refractivity (Wildman–Crippen MR) is 108 cm³/mol. The zero-order valence-electron chi connectivity index (χ0n) is 17.3. The van der Waals surface area contributed by atoms with Crippen LogP contribution in [0.1, 0.15) is 88.5 Å². The predicted octanol–water partition coefficient (Wildman–Crippen LogP) is 2.84. The lowest BCUT2D eigenvalue weighted by Crippen LogP contribution is -2.41. The van der Waals surface area contributed by atoms with Crippen molar-refractivity contribution in [3.63, 3.8) is 0 Å². The fourth-order valence-corrected chi connectivity index (χ4v) is 6.10. The number of hydrogen-bond donors (Lipinski definition) is 0. The highest BCUT2D eigenvalue weighted by molar-refractivity contribution is 7.89. The molecular formula is C20H32N4O4S. The fourth-order valence-electron chi connectivity index (χ4n) is 4.97. The van der Waals surface area contributed by atoms with Crippen molar-refractivity contribution in [2.24, 2.45) is 5.92 Å². The summed E-state index contributed by atoms with van der Waals surface area (Å²) >= 11 is 0. The first-order chi connectivity index (χ1) is 14.0. The third kappa shape index (κ3) is 4.35. The number of aromatic nitrogens is 2. The van der Waals surface area contributed by atoms with Crippen molar-refractivity contribution >= 4 is 15.9 Å². The topological polar surface area (TPSA) is 96.6 Å². The third-order valence-corrected chi connectivity index (χ3v) is 8.67. The van der Waals surface area contributed by atoms with E-state index < -0.39 is 10.0 Å². The van der Waals surface area contributed by atoms with Crippen molar-refractivity contribution in [2.75, 3.05) is 25.4 Å². The molecule has 0 spiro atoms. The smallest absolute Gasteiger partial charge is 0.238 e. The summed E-state index contributed by atoms with van der Waals surface area (Å²) in [6, 6.07) is -0.112. The average molecular weight is 425 g/mol. The molecule has 8 nitrogen and oxygen atoms in total. The summed E-state index contributed by atoms with van der Waals surface area (Å²) in [6.45, 7) is 3.43. The van der Waals surface area contributed by atoms with Crippen LogP contribution in [0.15, 0.2) is 4.42 Å². The third-order valence-electron chi connectivity index (χ3n) is 6.79. The summed E-state index contributed by atoms with van der Waals surface area (Å²) in [5, 5.41) is 8.61. The van der Waals surface area contributed by atoms with Crippen LogP contribution in [0.4, 0.5) is 0 Å². The number of sulfonamides is 1. The van der Waals surface area contributed by atoms with Crippen LogP contribution < -0.4 is 0 Å². The van der Waals surface area contributed by atoms with Gasteiger partial charge in [-0.25, -0.2) is 12.7 Å². The molecule has 0 aromatic carbocycles. The second kappa shape index (κ2) is 8.71. The van der Waals surface area contributed by atoms with E-state index in [1.807, 2.05) is 4.90 Å². The maximum atomic E-state index is 13.0. The molecule has 3 aliphatic rings. The normalized spacial score (nSPS) is 25.6. The first-order valence-electron chi connectivity index (χ1n) is 11.1. The van der Waals surface area contributed by atoms with Crippen molar-refractivity contribution in [3.8, 4) is 0 Å². The van der Waals surface area contributed by atoms with Crippen molar-refractivity contribution in [1.82, 2.24) is 19.4 Å². The Morgan fingerprint density at radius 3 is 2.31 bits per heavy atom. The van der Waals surface area contributed by atoms with E-state index in [9.17, 15) is 13.2 Å². The maximum absolute atomic E-state index is 13.0. The van der Waals surface area contributed by atoms with E-state index in [4.69, 9.17) is 4.42 Å². The number of likely N-dealkylation sites (tertiary alicyclic amines) is 1. The first kappa shape index (κ1) is 20.8. The van der Waals surface area contributed by atoms with Gasteiger partial charge in [0.1, 0.15) is 6.04 Å². The molecule has 1 saturated carbocycles. The molecule has 2 aliphatic heterocycles. The van der Waals surface area contributed by atoms with Gasteiger partial charge in [-0.15, -0.1) is 10.2 Å². The SMILES string of the molecule is CCS(=O)(=O)N1CCC(c2nnc([C@H]3CCCCN3C(=O)C3CCCC3)o2)CC1. The van der Waals surface area contributed by atoms with Gasteiger partial charge in [0.25, 0.3) is 0 Å². The molecule has 2 saturated heterocycles. The zero-order chi connectivity index (χ0) is 20.4. The monoisotopic (exact) mass is 424 g/mol. The number of carbonyl (C=O) groups excluding carboxylic acids is 1. The second-order valence-corrected chi connectivity index (χ2v) is 10.8.